The van der Waals surface area contributed by atoms with Crippen LogP contribution in [0, 0.1) is 6.92 Å². The standard InChI is InChI=1S/C15H21N3O/c1-4-18-9-8-17-14(18)11-19-15-12(2)6-5-7-13(15)10-16-3/h5-9,16H,4,10-11H2,1-3H3. The zero-order valence-corrected chi connectivity index (χ0v) is 11.8. The third-order valence-electron chi connectivity index (χ3n) is 3.15. The van der Waals surface area contributed by atoms with Gasteiger partial charge in [0.15, 0.2) is 0 Å². The van der Waals surface area contributed by atoms with Gasteiger partial charge < -0.3 is 14.6 Å². The highest BCUT2D eigenvalue weighted by atomic mass is 16.5. The molecule has 1 heterocycles. The molecule has 0 saturated heterocycles. The van der Waals surface area contributed by atoms with Gasteiger partial charge in [0.05, 0.1) is 0 Å². The Bertz CT molecular complexity index is 534. The summed E-state index contributed by atoms with van der Waals surface area (Å²) in [6, 6.07) is 6.22. The fourth-order valence-electron chi connectivity index (χ4n) is 2.15. The molecule has 1 aromatic heterocycles. The topological polar surface area (TPSA) is 39.1 Å². The summed E-state index contributed by atoms with van der Waals surface area (Å²) in [4.78, 5) is 4.33. The summed E-state index contributed by atoms with van der Waals surface area (Å²) >= 11 is 0. The Morgan fingerprint density at radius 2 is 2.21 bits per heavy atom. The molecule has 102 valence electrons. The number of nitrogens with zero attached hydrogens (tertiary/aromatic N) is 2. The highest BCUT2D eigenvalue weighted by Gasteiger charge is 2.08. The minimum atomic E-state index is 0.502. The van der Waals surface area contributed by atoms with Crippen LogP contribution in [0.4, 0.5) is 0 Å². The number of ether oxygens (including phenoxy) is 1. The Balaban J connectivity index is 2.15. The lowest BCUT2D eigenvalue weighted by Crippen LogP contribution is -2.10. The number of para-hydroxylation sites is 1. The van der Waals surface area contributed by atoms with Crippen LogP contribution in [0.5, 0.6) is 5.75 Å². The van der Waals surface area contributed by atoms with Gasteiger partial charge in [-0.1, -0.05) is 18.2 Å². The maximum atomic E-state index is 5.98. The summed E-state index contributed by atoms with van der Waals surface area (Å²) in [6.07, 6.45) is 3.79. The first-order valence-electron chi connectivity index (χ1n) is 6.62. The molecular formula is C15H21N3O. The van der Waals surface area contributed by atoms with Gasteiger partial charge in [-0.2, -0.15) is 0 Å². The SMILES string of the molecule is CCn1ccnc1COc1c(C)cccc1CNC. The number of aromatic nitrogens is 2. The van der Waals surface area contributed by atoms with Crippen LogP contribution in [-0.4, -0.2) is 16.6 Å². The zero-order chi connectivity index (χ0) is 13.7. The molecule has 4 nitrogen and oxygen atoms in total. The largest absolute Gasteiger partial charge is 0.485 e. The van der Waals surface area contributed by atoms with E-state index in [1.54, 1.807) is 0 Å². The van der Waals surface area contributed by atoms with Crippen molar-refractivity contribution in [1.29, 1.82) is 0 Å². The van der Waals surface area contributed by atoms with Gasteiger partial charge in [0.2, 0.25) is 0 Å². The molecule has 0 atom stereocenters. The monoisotopic (exact) mass is 259 g/mol. The smallest absolute Gasteiger partial charge is 0.146 e. The summed E-state index contributed by atoms with van der Waals surface area (Å²) in [5, 5.41) is 3.17. The van der Waals surface area contributed by atoms with E-state index in [9.17, 15) is 0 Å². The maximum absolute atomic E-state index is 5.98. The van der Waals surface area contributed by atoms with E-state index in [-0.39, 0.29) is 0 Å². The van der Waals surface area contributed by atoms with Crippen LogP contribution in [-0.2, 0) is 19.7 Å². The predicted molar refractivity (Wildman–Crippen MR) is 76.2 cm³/mol. The molecule has 4 heteroatoms. The van der Waals surface area contributed by atoms with Gasteiger partial charge in [0.1, 0.15) is 18.2 Å². The van der Waals surface area contributed by atoms with E-state index in [2.05, 4.69) is 46.9 Å². The Morgan fingerprint density at radius 3 is 2.95 bits per heavy atom. The van der Waals surface area contributed by atoms with Crippen LogP contribution in [0.1, 0.15) is 23.9 Å². The molecule has 0 unspecified atom stereocenters. The van der Waals surface area contributed by atoms with Crippen molar-refractivity contribution in [3.05, 3.63) is 47.5 Å². The van der Waals surface area contributed by atoms with E-state index < -0.39 is 0 Å². The van der Waals surface area contributed by atoms with Crippen molar-refractivity contribution in [2.45, 2.75) is 33.5 Å². The molecule has 0 amide bonds. The van der Waals surface area contributed by atoms with Crippen LogP contribution in [0.2, 0.25) is 0 Å². The average Bonchev–Trinajstić information content (AvgIpc) is 2.86. The van der Waals surface area contributed by atoms with E-state index in [0.29, 0.717) is 6.61 Å². The Labute approximate surface area is 114 Å². The summed E-state index contributed by atoms with van der Waals surface area (Å²) in [5.41, 5.74) is 2.33. The maximum Gasteiger partial charge on any atom is 0.146 e. The first kappa shape index (κ1) is 13.6. The Hall–Kier alpha value is -1.81. The molecule has 19 heavy (non-hydrogen) atoms. The first-order valence-corrected chi connectivity index (χ1v) is 6.62. The van der Waals surface area contributed by atoms with E-state index in [0.717, 1.165) is 30.2 Å². The lowest BCUT2D eigenvalue weighted by molar-refractivity contribution is 0.284. The van der Waals surface area contributed by atoms with Gasteiger partial charge >= 0.3 is 0 Å². The van der Waals surface area contributed by atoms with E-state index >= 15 is 0 Å². The molecule has 1 aromatic carbocycles. The third kappa shape index (κ3) is 3.15. The average molecular weight is 259 g/mol. The van der Waals surface area contributed by atoms with Crippen LogP contribution in [0.3, 0.4) is 0 Å². The molecule has 0 aliphatic rings. The minimum Gasteiger partial charge on any atom is -0.485 e. The molecule has 0 fully saturated rings. The van der Waals surface area contributed by atoms with Gasteiger partial charge in [0.25, 0.3) is 0 Å². The quantitative estimate of drug-likeness (QED) is 0.866. The second-order valence-electron chi connectivity index (χ2n) is 4.51. The van der Waals surface area contributed by atoms with E-state index in [1.807, 2.05) is 19.4 Å². The van der Waals surface area contributed by atoms with Crippen molar-refractivity contribution in [1.82, 2.24) is 14.9 Å². The second-order valence-corrected chi connectivity index (χ2v) is 4.51. The van der Waals surface area contributed by atoms with Gasteiger partial charge in [0, 0.05) is 31.0 Å². The highest BCUT2D eigenvalue weighted by Crippen LogP contribution is 2.24. The van der Waals surface area contributed by atoms with Crippen molar-refractivity contribution in [2.24, 2.45) is 0 Å². The number of aryl methyl sites for hydroxylation is 2. The van der Waals surface area contributed by atoms with E-state index in [4.69, 9.17) is 4.74 Å². The van der Waals surface area contributed by atoms with Gasteiger partial charge in [-0.15, -0.1) is 0 Å². The van der Waals surface area contributed by atoms with Gasteiger partial charge in [-0.3, -0.25) is 0 Å². The lowest BCUT2D eigenvalue weighted by Gasteiger charge is -2.14. The lowest BCUT2D eigenvalue weighted by atomic mass is 10.1. The van der Waals surface area contributed by atoms with Crippen molar-refractivity contribution < 1.29 is 4.74 Å². The summed E-state index contributed by atoms with van der Waals surface area (Å²) in [6.45, 7) is 6.39. The fraction of sp³-hybridized carbons (Fsp3) is 0.400. The van der Waals surface area contributed by atoms with Gasteiger partial charge in [-0.05, 0) is 26.5 Å². The highest BCUT2D eigenvalue weighted by molar-refractivity contribution is 5.40. The number of benzene rings is 1. The molecule has 0 spiro atoms. The molecular weight excluding hydrogens is 238 g/mol. The Kier molecular flexibility index (Phi) is 4.58. The summed E-state index contributed by atoms with van der Waals surface area (Å²) in [5.74, 6) is 1.92. The van der Waals surface area contributed by atoms with Crippen molar-refractivity contribution in [2.75, 3.05) is 7.05 Å². The Morgan fingerprint density at radius 1 is 1.37 bits per heavy atom. The number of rotatable bonds is 6. The zero-order valence-electron chi connectivity index (χ0n) is 11.8. The van der Waals surface area contributed by atoms with Gasteiger partial charge in [-0.25, -0.2) is 4.98 Å². The summed E-state index contributed by atoms with van der Waals surface area (Å²) in [7, 11) is 1.94. The van der Waals surface area contributed by atoms with Crippen LogP contribution < -0.4 is 10.1 Å². The number of hydrogen-bond donors (Lipinski definition) is 1. The van der Waals surface area contributed by atoms with E-state index in [1.165, 1.54) is 5.56 Å². The number of hydrogen-bond acceptors (Lipinski definition) is 3. The first-order chi connectivity index (χ1) is 9.26. The molecule has 0 saturated carbocycles. The molecule has 0 bridgehead atoms. The predicted octanol–water partition coefficient (Wildman–Crippen LogP) is 2.51. The van der Waals surface area contributed by atoms with Crippen LogP contribution in [0.15, 0.2) is 30.6 Å². The fourth-order valence-corrected chi connectivity index (χ4v) is 2.15. The van der Waals surface area contributed by atoms with Crippen molar-refractivity contribution in [3.8, 4) is 5.75 Å². The van der Waals surface area contributed by atoms with Crippen LogP contribution >= 0.6 is 0 Å². The van der Waals surface area contributed by atoms with Crippen LogP contribution in [0.25, 0.3) is 0 Å². The molecule has 0 aliphatic carbocycles. The molecule has 1 N–H and O–H groups in total. The molecule has 0 radical (unpaired) electrons. The van der Waals surface area contributed by atoms with Crippen molar-refractivity contribution >= 4 is 0 Å². The second kappa shape index (κ2) is 6.38. The summed E-state index contributed by atoms with van der Waals surface area (Å²) < 4.78 is 8.08. The number of nitrogens with one attached hydrogen (secondary N) is 1. The minimum absolute atomic E-state index is 0.502. The molecule has 2 aromatic rings. The normalized spacial score (nSPS) is 10.7. The third-order valence-corrected chi connectivity index (χ3v) is 3.15. The molecule has 0 aliphatic heterocycles. The number of imidazole rings is 1. The molecule has 2 rings (SSSR count). The van der Waals surface area contributed by atoms with Crippen molar-refractivity contribution in [3.63, 3.8) is 0 Å².